The minimum Gasteiger partial charge on any atom is -0.459 e. The molecular weight excluding hydrogens is 278 g/mol. The summed E-state index contributed by atoms with van der Waals surface area (Å²) >= 11 is 0. The average molecular weight is 301 g/mol. The zero-order chi connectivity index (χ0) is 16.1. The highest BCUT2D eigenvalue weighted by molar-refractivity contribution is 5.91. The van der Waals surface area contributed by atoms with E-state index in [2.05, 4.69) is 6.92 Å². The third-order valence-electron chi connectivity index (χ3n) is 3.46. The summed E-state index contributed by atoms with van der Waals surface area (Å²) in [5.74, 6) is 0.266. The van der Waals surface area contributed by atoms with Crippen molar-refractivity contribution in [3.8, 4) is 0 Å². The van der Waals surface area contributed by atoms with Gasteiger partial charge in [0.15, 0.2) is 5.76 Å². The van der Waals surface area contributed by atoms with Crippen molar-refractivity contribution in [2.45, 2.75) is 19.9 Å². The Hall–Kier alpha value is -2.43. The fourth-order valence-corrected chi connectivity index (χ4v) is 2.45. The number of amides is 1. The minimum absolute atomic E-state index is 0.0982. The normalized spacial score (nSPS) is 10.5. The van der Waals surface area contributed by atoms with Crippen molar-refractivity contribution in [2.75, 3.05) is 31.3 Å². The standard InChI is InChI=1S/C17H23N3O2/c1-4-9-20(17(21)16-6-5-10-22-16)12-13-11-14(18)7-8-15(13)19(2)3/h5-8,10-11H,4,9,12,18H2,1-3H3. The third-order valence-corrected chi connectivity index (χ3v) is 3.46. The zero-order valence-electron chi connectivity index (χ0n) is 13.4. The quantitative estimate of drug-likeness (QED) is 0.833. The summed E-state index contributed by atoms with van der Waals surface area (Å²) in [5.41, 5.74) is 8.69. The van der Waals surface area contributed by atoms with Gasteiger partial charge in [-0.3, -0.25) is 4.79 Å². The van der Waals surface area contributed by atoms with Crippen molar-refractivity contribution >= 4 is 17.3 Å². The largest absolute Gasteiger partial charge is 0.459 e. The van der Waals surface area contributed by atoms with Crippen molar-refractivity contribution in [1.82, 2.24) is 4.90 Å². The predicted molar refractivity (Wildman–Crippen MR) is 88.9 cm³/mol. The van der Waals surface area contributed by atoms with Crippen LogP contribution >= 0.6 is 0 Å². The van der Waals surface area contributed by atoms with Crippen LogP contribution in [0.3, 0.4) is 0 Å². The van der Waals surface area contributed by atoms with Crippen molar-refractivity contribution in [1.29, 1.82) is 0 Å². The Bertz CT molecular complexity index is 621. The molecule has 1 amide bonds. The minimum atomic E-state index is -0.0982. The zero-order valence-corrected chi connectivity index (χ0v) is 13.4. The molecule has 0 atom stereocenters. The second-order valence-electron chi connectivity index (χ2n) is 5.49. The van der Waals surface area contributed by atoms with Crippen LogP contribution in [0.4, 0.5) is 11.4 Å². The Labute approximate surface area is 131 Å². The number of carbonyl (C=O) groups excluding carboxylic acids is 1. The molecule has 0 fully saturated rings. The SMILES string of the molecule is CCCN(Cc1cc(N)ccc1N(C)C)C(=O)c1ccco1. The van der Waals surface area contributed by atoms with Crippen molar-refractivity contribution in [2.24, 2.45) is 0 Å². The molecule has 1 aromatic heterocycles. The molecule has 0 saturated carbocycles. The molecule has 2 aromatic rings. The molecule has 0 spiro atoms. The lowest BCUT2D eigenvalue weighted by molar-refractivity contribution is 0.0711. The fraction of sp³-hybridized carbons (Fsp3) is 0.353. The highest BCUT2D eigenvalue weighted by atomic mass is 16.3. The molecule has 0 aliphatic heterocycles. The number of benzene rings is 1. The van der Waals surface area contributed by atoms with Gasteiger partial charge < -0.3 is 20.0 Å². The van der Waals surface area contributed by atoms with Gasteiger partial charge in [0, 0.05) is 38.6 Å². The van der Waals surface area contributed by atoms with Crippen molar-refractivity contribution in [3.63, 3.8) is 0 Å². The van der Waals surface area contributed by atoms with Gasteiger partial charge in [0.05, 0.1) is 6.26 Å². The number of nitrogen functional groups attached to an aromatic ring is 1. The number of hydrogen-bond acceptors (Lipinski definition) is 4. The smallest absolute Gasteiger partial charge is 0.289 e. The molecule has 22 heavy (non-hydrogen) atoms. The first-order chi connectivity index (χ1) is 10.5. The summed E-state index contributed by atoms with van der Waals surface area (Å²) in [7, 11) is 3.96. The first-order valence-electron chi connectivity index (χ1n) is 7.41. The molecule has 0 saturated heterocycles. The Balaban J connectivity index is 2.28. The molecule has 2 rings (SSSR count). The van der Waals surface area contributed by atoms with E-state index >= 15 is 0 Å². The van der Waals surface area contributed by atoms with Crippen LogP contribution in [0.2, 0.25) is 0 Å². The molecule has 0 radical (unpaired) electrons. The first kappa shape index (κ1) is 15.9. The van der Waals surface area contributed by atoms with Gasteiger partial charge in [-0.15, -0.1) is 0 Å². The summed E-state index contributed by atoms with van der Waals surface area (Å²) in [6.45, 7) is 3.22. The molecule has 1 heterocycles. The number of nitrogens with two attached hydrogens (primary N) is 1. The molecule has 0 bridgehead atoms. The molecule has 5 nitrogen and oxygen atoms in total. The Morgan fingerprint density at radius 3 is 2.64 bits per heavy atom. The maximum atomic E-state index is 12.6. The number of anilines is 2. The molecule has 1 aromatic carbocycles. The summed E-state index contributed by atoms with van der Waals surface area (Å²) in [6.07, 6.45) is 2.40. The summed E-state index contributed by atoms with van der Waals surface area (Å²) in [4.78, 5) is 16.4. The van der Waals surface area contributed by atoms with Crippen LogP contribution in [0.1, 0.15) is 29.5 Å². The van der Waals surface area contributed by atoms with E-state index in [0.717, 1.165) is 17.7 Å². The van der Waals surface area contributed by atoms with Gasteiger partial charge in [0.1, 0.15) is 0 Å². The molecule has 0 aliphatic carbocycles. The molecule has 118 valence electrons. The molecular formula is C17H23N3O2. The van der Waals surface area contributed by atoms with Crippen LogP contribution in [0.15, 0.2) is 41.0 Å². The predicted octanol–water partition coefficient (Wildman–Crippen LogP) is 2.98. The monoisotopic (exact) mass is 301 g/mol. The fourth-order valence-electron chi connectivity index (χ4n) is 2.45. The summed E-state index contributed by atoms with van der Waals surface area (Å²) in [5, 5.41) is 0. The number of rotatable bonds is 6. The van der Waals surface area contributed by atoms with Gasteiger partial charge in [0.25, 0.3) is 5.91 Å². The van der Waals surface area contributed by atoms with Gasteiger partial charge in [-0.1, -0.05) is 6.92 Å². The van der Waals surface area contributed by atoms with E-state index in [0.29, 0.717) is 24.5 Å². The third kappa shape index (κ3) is 3.61. The maximum Gasteiger partial charge on any atom is 0.289 e. The molecule has 0 aliphatic rings. The van der Waals surface area contributed by atoms with E-state index in [1.165, 1.54) is 6.26 Å². The van der Waals surface area contributed by atoms with Crippen LogP contribution < -0.4 is 10.6 Å². The van der Waals surface area contributed by atoms with Gasteiger partial charge in [0.2, 0.25) is 0 Å². The highest BCUT2D eigenvalue weighted by Gasteiger charge is 2.19. The molecule has 5 heteroatoms. The maximum absolute atomic E-state index is 12.6. The Morgan fingerprint density at radius 2 is 2.05 bits per heavy atom. The van der Waals surface area contributed by atoms with E-state index < -0.39 is 0 Å². The van der Waals surface area contributed by atoms with E-state index in [9.17, 15) is 4.79 Å². The molecule has 0 unspecified atom stereocenters. The topological polar surface area (TPSA) is 62.7 Å². The molecule has 2 N–H and O–H groups in total. The number of carbonyl (C=O) groups is 1. The van der Waals surface area contributed by atoms with E-state index in [4.69, 9.17) is 10.2 Å². The number of hydrogen-bond donors (Lipinski definition) is 1. The summed E-state index contributed by atoms with van der Waals surface area (Å²) in [6, 6.07) is 9.19. The van der Waals surface area contributed by atoms with Crippen molar-refractivity contribution in [3.05, 3.63) is 47.9 Å². The van der Waals surface area contributed by atoms with Crippen LogP contribution in [-0.2, 0) is 6.54 Å². The lowest BCUT2D eigenvalue weighted by Crippen LogP contribution is -2.31. The van der Waals surface area contributed by atoms with E-state index in [-0.39, 0.29) is 5.91 Å². The van der Waals surface area contributed by atoms with Crippen LogP contribution in [0, 0.1) is 0 Å². The van der Waals surface area contributed by atoms with E-state index in [1.54, 1.807) is 17.0 Å². The Morgan fingerprint density at radius 1 is 1.27 bits per heavy atom. The van der Waals surface area contributed by atoms with Crippen LogP contribution in [0.5, 0.6) is 0 Å². The number of nitrogens with zero attached hydrogens (tertiary/aromatic N) is 2. The second kappa shape index (κ2) is 7.02. The van der Waals surface area contributed by atoms with Gasteiger partial charge in [-0.05, 0) is 42.3 Å². The van der Waals surface area contributed by atoms with Crippen LogP contribution in [-0.4, -0.2) is 31.4 Å². The average Bonchev–Trinajstić information content (AvgIpc) is 3.00. The lowest BCUT2D eigenvalue weighted by Gasteiger charge is -2.25. The first-order valence-corrected chi connectivity index (χ1v) is 7.41. The number of furan rings is 1. The summed E-state index contributed by atoms with van der Waals surface area (Å²) < 4.78 is 5.24. The van der Waals surface area contributed by atoms with Crippen LogP contribution in [0.25, 0.3) is 0 Å². The lowest BCUT2D eigenvalue weighted by atomic mass is 10.1. The van der Waals surface area contributed by atoms with Gasteiger partial charge in [-0.25, -0.2) is 0 Å². The Kier molecular flexibility index (Phi) is 5.09. The van der Waals surface area contributed by atoms with Crippen molar-refractivity contribution < 1.29 is 9.21 Å². The highest BCUT2D eigenvalue weighted by Crippen LogP contribution is 2.24. The second-order valence-corrected chi connectivity index (χ2v) is 5.49. The van der Waals surface area contributed by atoms with E-state index in [1.807, 2.05) is 37.2 Å². The van der Waals surface area contributed by atoms with Gasteiger partial charge >= 0.3 is 0 Å². The van der Waals surface area contributed by atoms with Gasteiger partial charge in [-0.2, -0.15) is 0 Å².